The van der Waals surface area contributed by atoms with E-state index in [4.69, 9.17) is 0 Å². The molecule has 1 aliphatic rings. The van der Waals surface area contributed by atoms with Crippen molar-refractivity contribution >= 4 is 11.6 Å². The van der Waals surface area contributed by atoms with Gasteiger partial charge in [0.05, 0.1) is 29.8 Å². The molecule has 8 nitrogen and oxygen atoms in total. The molecule has 5 rings (SSSR count). The van der Waals surface area contributed by atoms with E-state index in [-0.39, 0.29) is 17.4 Å². The molecule has 4 aromatic rings. The van der Waals surface area contributed by atoms with Crippen LogP contribution in [-0.4, -0.2) is 35.2 Å². The third kappa shape index (κ3) is 4.46. The largest absolute Gasteiger partial charge is 0.318 e. The van der Waals surface area contributed by atoms with Gasteiger partial charge in [-0.2, -0.15) is 0 Å². The molecule has 1 saturated carbocycles. The van der Waals surface area contributed by atoms with Crippen molar-refractivity contribution in [3.8, 4) is 5.69 Å². The zero-order valence-electron chi connectivity index (χ0n) is 19.4. The maximum Gasteiger partial charge on any atom is 0.274 e. The number of aryl methyl sites for hydroxylation is 1. The van der Waals surface area contributed by atoms with E-state index in [0.717, 1.165) is 35.6 Å². The first-order valence-electron chi connectivity index (χ1n) is 11.4. The highest BCUT2D eigenvalue weighted by molar-refractivity contribution is 6.03. The van der Waals surface area contributed by atoms with Crippen molar-refractivity contribution < 1.29 is 9.18 Å². The zero-order chi connectivity index (χ0) is 23.8. The Morgan fingerprint density at radius 1 is 1.24 bits per heavy atom. The minimum Gasteiger partial charge on any atom is -0.318 e. The summed E-state index contributed by atoms with van der Waals surface area (Å²) in [5.74, 6) is 0.303. The molecule has 34 heavy (non-hydrogen) atoms. The fourth-order valence-corrected chi connectivity index (χ4v) is 3.97. The average molecular weight is 460 g/mol. The van der Waals surface area contributed by atoms with Gasteiger partial charge < -0.3 is 14.5 Å². The summed E-state index contributed by atoms with van der Waals surface area (Å²) in [6.45, 7) is 5.93. The van der Waals surface area contributed by atoms with Gasteiger partial charge in [0.1, 0.15) is 23.7 Å². The highest BCUT2D eigenvalue weighted by atomic mass is 19.1. The van der Waals surface area contributed by atoms with Gasteiger partial charge in [0.15, 0.2) is 0 Å². The van der Waals surface area contributed by atoms with E-state index in [9.17, 15) is 9.18 Å². The number of imidazole rings is 1. The Morgan fingerprint density at radius 3 is 2.82 bits per heavy atom. The molecule has 0 radical (unpaired) electrons. The topological polar surface area (TPSA) is 90.5 Å². The van der Waals surface area contributed by atoms with E-state index >= 15 is 0 Å². The van der Waals surface area contributed by atoms with Gasteiger partial charge >= 0.3 is 0 Å². The molecule has 1 amide bonds. The normalized spacial score (nSPS) is 13.4. The maximum atomic E-state index is 14.7. The summed E-state index contributed by atoms with van der Waals surface area (Å²) in [5, 5.41) is 10.8. The van der Waals surface area contributed by atoms with Crippen LogP contribution < -0.4 is 5.32 Å². The molecule has 1 N–H and O–H groups in total. The molecule has 1 fully saturated rings. The number of benzene rings is 1. The lowest BCUT2D eigenvalue weighted by atomic mass is 10.1. The first-order valence-corrected chi connectivity index (χ1v) is 11.4. The third-order valence-corrected chi connectivity index (χ3v) is 5.99. The molecule has 174 valence electrons. The van der Waals surface area contributed by atoms with E-state index < -0.39 is 11.7 Å². The van der Waals surface area contributed by atoms with Gasteiger partial charge in [-0.25, -0.2) is 14.4 Å². The van der Waals surface area contributed by atoms with Crippen molar-refractivity contribution in [2.24, 2.45) is 0 Å². The average Bonchev–Trinajstić information content (AvgIpc) is 3.35. The zero-order valence-corrected chi connectivity index (χ0v) is 19.4. The van der Waals surface area contributed by atoms with Gasteiger partial charge in [-0.1, -0.05) is 6.07 Å². The van der Waals surface area contributed by atoms with Crippen LogP contribution in [0.25, 0.3) is 5.69 Å². The first kappa shape index (κ1) is 21.9. The van der Waals surface area contributed by atoms with Gasteiger partial charge in [0.25, 0.3) is 5.91 Å². The van der Waals surface area contributed by atoms with Crippen molar-refractivity contribution in [2.75, 3.05) is 5.32 Å². The molecule has 9 heteroatoms. The Balaban J connectivity index is 1.36. The number of amides is 1. The minimum atomic E-state index is -0.502. The molecule has 0 unspecified atom stereocenters. The lowest BCUT2D eigenvalue weighted by Crippen LogP contribution is -2.16. The van der Waals surface area contributed by atoms with Crippen molar-refractivity contribution in [2.45, 2.75) is 52.0 Å². The fourth-order valence-electron chi connectivity index (χ4n) is 3.97. The maximum absolute atomic E-state index is 14.7. The molecule has 0 saturated heterocycles. The third-order valence-electron chi connectivity index (χ3n) is 5.99. The van der Waals surface area contributed by atoms with Crippen LogP contribution in [0, 0.1) is 12.7 Å². The SMILES string of the molecule is Cc1cc(F)c(NC(=O)c2cccc(Cc3nncn3C(C)C)n2)cc1-n1cnc(C2CC2)c1. The van der Waals surface area contributed by atoms with Crippen molar-refractivity contribution in [1.82, 2.24) is 29.3 Å². The first-order chi connectivity index (χ1) is 16.4. The van der Waals surface area contributed by atoms with E-state index in [1.807, 2.05) is 42.2 Å². The highest BCUT2D eigenvalue weighted by Crippen LogP contribution is 2.39. The summed E-state index contributed by atoms with van der Waals surface area (Å²) < 4.78 is 18.6. The number of hydrogen-bond acceptors (Lipinski definition) is 5. The Hall–Kier alpha value is -3.88. The van der Waals surface area contributed by atoms with E-state index in [1.54, 1.807) is 30.9 Å². The second-order valence-electron chi connectivity index (χ2n) is 8.99. The molecule has 0 bridgehead atoms. The number of pyridine rings is 1. The molecule has 3 aromatic heterocycles. The Kier molecular flexibility index (Phi) is 5.69. The molecule has 0 atom stereocenters. The van der Waals surface area contributed by atoms with Crippen LogP contribution in [-0.2, 0) is 6.42 Å². The molecular formula is C25H26FN7O. The van der Waals surface area contributed by atoms with Crippen LogP contribution in [0.2, 0.25) is 0 Å². The van der Waals surface area contributed by atoms with Gasteiger partial charge in [-0.05, 0) is 63.4 Å². The van der Waals surface area contributed by atoms with Gasteiger partial charge in [-0.3, -0.25) is 4.79 Å². The smallest absolute Gasteiger partial charge is 0.274 e. The van der Waals surface area contributed by atoms with Crippen LogP contribution in [0.4, 0.5) is 10.1 Å². The molecule has 0 spiro atoms. The number of nitrogens with zero attached hydrogens (tertiary/aromatic N) is 6. The fraction of sp³-hybridized carbons (Fsp3) is 0.320. The molecule has 1 aliphatic carbocycles. The number of hydrogen-bond donors (Lipinski definition) is 1. The number of anilines is 1. The monoisotopic (exact) mass is 459 g/mol. The number of aromatic nitrogens is 6. The number of carbonyl (C=O) groups is 1. The lowest BCUT2D eigenvalue weighted by Gasteiger charge is -2.13. The van der Waals surface area contributed by atoms with E-state index in [2.05, 4.69) is 25.5 Å². The number of rotatable bonds is 7. The van der Waals surface area contributed by atoms with E-state index in [1.165, 1.54) is 6.07 Å². The number of nitrogens with one attached hydrogen (secondary N) is 1. The second-order valence-corrected chi connectivity index (χ2v) is 8.99. The number of halogens is 1. The summed E-state index contributed by atoms with van der Waals surface area (Å²) >= 11 is 0. The molecule has 0 aliphatic heterocycles. The number of carbonyl (C=O) groups excluding carboxylic acids is 1. The minimum absolute atomic E-state index is 0.0963. The van der Waals surface area contributed by atoms with Crippen molar-refractivity contribution in [3.05, 3.63) is 83.5 Å². The summed E-state index contributed by atoms with van der Waals surface area (Å²) in [7, 11) is 0. The highest BCUT2D eigenvalue weighted by Gasteiger charge is 2.26. The van der Waals surface area contributed by atoms with Gasteiger partial charge in [-0.15, -0.1) is 10.2 Å². The summed E-state index contributed by atoms with van der Waals surface area (Å²) in [6, 6.07) is 8.47. The van der Waals surface area contributed by atoms with Crippen LogP contribution in [0.1, 0.15) is 71.9 Å². The van der Waals surface area contributed by atoms with Crippen LogP contribution in [0.15, 0.2) is 49.2 Å². The Bertz CT molecular complexity index is 1350. The predicted molar refractivity (Wildman–Crippen MR) is 126 cm³/mol. The standard InChI is InChI=1S/C25H26FN7O/c1-15(2)33-14-28-31-24(33)10-18-5-4-6-20(29-18)25(34)30-21-11-23(16(3)9-19(21)26)32-12-22(27-13-32)17-7-8-17/h4-6,9,11-15,17H,7-8,10H2,1-3H3,(H,30,34). The Morgan fingerprint density at radius 2 is 2.06 bits per heavy atom. The van der Waals surface area contributed by atoms with Gasteiger partial charge in [0.2, 0.25) is 0 Å². The second kappa shape index (κ2) is 8.81. The summed E-state index contributed by atoms with van der Waals surface area (Å²) in [5.41, 5.74) is 3.55. The Labute approximate surface area is 196 Å². The summed E-state index contributed by atoms with van der Waals surface area (Å²) in [4.78, 5) is 21.9. The van der Waals surface area contributed by atoms with Crippen molar-refractivity contribution in [1.29, 1.82) is 0 Å². The quantitative estimate of drug-likeness (QED) is 0.436. The van der Waals surface area contributed by atoms with E-state index in [0.29, 0.717) is 18.0 Å². The van der Waals surface area contributed by atoms with Crippen molar-refractivity contribution in [3.63, 3.8) is 0 Å². The lowest BCUT2D eigenvalue weighted by molar-refractivity contribution is 0.102. The molecular weight excluding hydrogens is 433 g/mol. The molecule has 3 heterocycles. The summed E-state index contributed by atoms with van der Waals surface area (Å²) in [6.07, 6.45) is 8.14. The van der Waals surface area contributed by atoms with Crippen LogP contribution in [0.5, 0.6) is 0 Å². The van der Waals surface area contributed by atoms with Crippen LogP contribution >= 0.6 is 0 Å². The van der Waals surface area contributed by atoms with Crippen LogP contribution in [0.3, 0.4) is 0 Å². The predicted octanol–water partition coefficient (Wildman–Crippen LogP) is 4.61. The molecule has 1 aromatic carbocycles. The van der Waals surface area contributed by atoms with Gasteiger partial charge in [0, 0.05) is 23.9 Å².